The Hall–Kier alpha value is -1.88. The van der Waals surface area contributed by atoms with Crippen LogP contribution in [0.5, 0.6) is 5.75 Å². The summed E-state index contributed by atoms with van der Waals surface area (Å²) in [6, 6.07) is 8.05. The van der Waals surface area contributed by atoms with Gasteiger partial charge in [0.25, 0.3) is 0 Å². The number of fused-ring (bicyclic) bond motifs is 1. The number of thiophene rings is 1. The van der Waals surface area contributed by atoms with Crippen LogP contribution in [0.25, 0.3) is 0 Å². The summed E-state index contributed by atoms with van der Waals surface area (Å²) in [7, 11) is 1.69. The summed E-state index contributed by atoms with van der Waals surface area (Å²) in [5.74, 6) is 1.09. The molecule has 0 radical (unpaired) electrons. The predicted octanol–water partition coefficient (Wildman–Crippen LogP) is 3.41. The van der Waals surface area contributed by atoms with E-state index in [9.17, 15) is 9.18 Å². The van der Waals surface area contributed by atoms with E-state index < -0.39 is 0 Å². The zero-order valence-corrected chi connectivity index (χ0v) is 20.3. The van der Waals surface area contributed by atoms with Gasteiger partial charge in [0, 0.05) is 38.0 Å². The second kappa shape index (κ2) is 12.1. The summed E-state index contributed by atoms with van der Waals surface area (Å²) in [6.07, 6.45) is 1.23. The number of ether oxygens (including phenoxy) is 1. The molecule has 0 fully saturated rings. The van der Waals surface area contributed by atoms with Gasteiger partial charge in [-0.1, -0.05) is 0 Å². The fourth-order valence-corrected chi connectivity index (χ4v) is 4.05. The molecule has 1 aromatic heterocycles. The molecule has 30 heavy (non-hydrogen) atoms. The van der Waals surface area contributed by atoms with Crippen molar-refractivity contribution in [2.45, 2.75) is 32.4 Å². The van der Waals surface area contributed by atoms with Gasteiger partial charge in [0.05, 0.1) is 6.54 Å². The number of nitrogens with zero attached hydrogens (tertiary/aromatic N) is 2. The number of aliphatic imine (C=N–C) groups is 1. The standard InChI is InChI=1S/C21H27FN4O2S.HI/c1-15(28-18-5-3-17(22)4-6-18)13-25-21(23-2)24-10-7-20(27)26-11-8-19-16(14-26)9-12-29-19;/h3-6,9,12,15H,7-8,10-11,13-14H2,1-2H3,(H2,23,24,25);1H. The molecule has 3 rings (SSSR count). The molecule has 0 aliphatic carbocycles. The number of halogens is 2. The van der Waals surface area contributed by atoms with Crippen molar-refractivity contribution in [2.75, 3.05) is 26.7 Å². The molecular formula is C21H28FIN4O2S. The number of rotatable bonds is 7. The summed E-state index contributed by atoms with van der Waals surface area (Å²) in [4.78, 5) is 20.0. The van der Waals surface area contributed by atoms with Gasteiger partial charge in [0.2, 0.25) is 5.91 Å². The van der Waals surface area contributed by atoms with Crippen LogP contribution in [-0.4, -0.2) is 49.6 Å². The monoisotopic (exact) mass is 546 g/mol. The molecule has 1 aliphatic rings. The fourth-order valence-electron chi connectivity index (χ4n) is 3.16. The van der Waals surface area contributed by atoms with E-state index in [0.29, 0.717) is 37.8 Å². The van der Waals surface area contributed by atoms with Gasteiger partial charge in [-0.2, -0.15) is 0 Å². The zero-order valence-electron chi connectivity index (χ0n) is 17.2. The molecule has 6 nitrogen and oxygen atoms in total. The average Bonchev–Trinajstić information content (AvgIpc) is 3.20. The number of carbonyl (C=O) groups is 1. The van der Waals surface area contributed by atoms with Crippen LogP contribution < -0.4 is 15.4 Å². The maximum Gasteiger partial charge on any atom is 0.224 e. The lowest BCUT2D eigenvalue weighted by Crippen LogP contribution is -2.43. The van der Waals surface area contributed by atoms with E-state index in [1.807, 2.05) is 11.8 Å². The lowest BCUT2D eigenvalue weighted by Gasteiger charge is -2.27. The summed E-state index contributed by atoms with van der Waals surface area (Å²) in [5, 5.41) is 8.44. The number of benzene rings is 1. The molecule has 164 valence electrons. The lowest BCUT2D eigenvalue weighted by atomic mass is 10.1. The zero-order chi connectivity index (χ0) is 20.6. The highest BCUT2D eigenvalue weighted by atomic mass is 127. The van der Waals surface area contributed by atoms with E-state index in [-0.39, 0.29) is 41.8 Å². The molecule has 0 spiro atoms. The Morgan fingerprint density at radius 2 is 2.07 bits per heavy atom. The molecule has 9 heteroatoms. The van der Waals surface area contributed by atoms with Gasteiger partial charge in [0.1, 0.15) is 17.7 Å². The molecule has 1 aliphatic heterocycles. The van der Waals surface area contributed by atoms with Gasteiger partial charge in [-0.15, -0.1) is 35.3 Å². The lowest BCUT2D eigenvalue weighted by molar-refractivity contribution is -0.131. The van der Waals surface area contributed by atoms with Crippen LogP contribution in [-0.2, 0) is 17.8 Å². The minimum Gasteiger partial charge on any atom is -0.489 e. The molecule has 0 bridgehead atoms. The van der Waals surface area contributed by atoms with Crippen LogP contribution in [0.4, 0.5) is 4.39 Å². The number of hydrogen-bond donors (Lipinski definition) is 2. The van der Waals surface area contributed by atoms with Crippen molar-refractivity contribution in [3.63, 3.8) is 0 Å². The molecule has 0 saturated heterocycles. The van der Waals surface area contributed by atoms with Crippen LogP contribution in [0.15, 0.2) is 40.7 Å². The number of nitrogens with one attached hydrogen (secondary N) is 2. The second-order valence-corrected chi connectivity index (χ2v) is 7.95. The van der Waals surface area contributed by atoms with E-state index >= 15 is 0 Å². The van der Waals surface area contributed by atoms with Crippen LogP contribution in [0, 0.1) is 5.82 Å². The molecule has 2 N–H and O–H groups in total. The van der Waals surface area contributed by atoms with Crippen molar-refractivity contribution in [1.82, 2.24) is 15.5 Å². The molecular weight excluding hydrogens is 518 g/mol. The first-order chi connectivity index (χ1) is 14.0. The number of guanidine groups is 1. The quantitative estimate of drug-likeness (QED) is 0.318. The Balaban J connectivity index is 0.00000320. The molecule has 1 unspecified atom stereocenters. The molecule has 1 amide bonds. The van der Waals surface area contributed by atoms with Crippen LogP contribution >= 0.6 is 35.3 Å². The van der Waals surface area contributed by atoms with Gasteiger partial charge < -0.3 is 20.3 Å². The van der Waals surface area contributed by atoms with Crippen molar-refractivity contribution < 1.29 is 13.9 Å². The number of carbonyl (C=O) groups excluding carboxylic acids is 1. The van der Waals surface area contributed by atoms with E-state index in [1.165, 1.54) is 22.6 Å². The van der Waals surface area contributed by atoms with E-state index in [0.717, 1.165) is 13.0 Å². The first kappa shape index (κ1) is 24.4. The van der Waals surface area contributed by atoms with E-state index in [4.69, 9.17) is 4.74 Å². The summed E-state index contributed by atoms with van der Waals surface area (Å²) >= 11 is 1.77. The molecule has 0 saturated carbocycles. The topological polar surface area (TPSA) is 66.0 Å². The average molecular weight is 546 g/mol. The molecule has 1 atom stereocenters. The molecule has 1 aromatic carbocycles. The highest BCUT2D eigenvalue weighted by Gasteiger charge is 2.21. The highest BCUT2D eigenvalue weighted by Crippen LogP contribution is 2.24. The van der Waals surface area contributed by atoms with Crippen molar-refractivity contribution in [1.29, 1.82) is 0 Å². The third-order valence-electron chi connectivity index (χ3n) is 4.72. The SMILES string of the molecule is CN=C(NCCC(=O)N1CCc2sccc2C1)NCC(C)Oc1ccc(F)cc1.I. The Morgan fingerprint density at radius 1 is 1.30 bits per heavy atom. The Bertz CT molecular complexity index is 844. The van der Waals surface area contributed by atoms with Gasteiger partial charge in [-0.05, 0) is 54.6 Å². The summed E-state index contributed by atoms with van der Waals surface area (Å²) in [5.41, 5.74) is 1.27. The normalized spacial score (nSPS) is 14.4. The predicted molar refractivity (Wildman–Crippen MR) is 129 cm³/mol. The van der Waals surface area contributed by atoms with Crippen molar-refractivity contribution >= 4 is 47.2 Å². The second-order valence-electron chi connectivity index (χ2n) is 6.95. The third-order valence-corrected chi connectivity index (χ3v) is 5.75. The van der Waals surface area contributed by atoms with Gasteiger partial charge >= 0.3 is 0 Å². The third kappa shape index (κ3) is 7.12. The minimum atomic E-state index is -0.289. The number of amides is 1. The van der Waals surface area contributed by atoms with E-state index in [1.54, 1.807) is 30.5 Å². The maximum atomic E-state index is 13.0. The maximum absolute atomic E-state index is 13.0. The number of hydrogen-bond acceptors (Lipinski definition) is 4. The van der Waals surface area contributed by atoms with Crippen molar-refractivity contribution in [2.24, 2.45) is 4.99 Å². The fraction of sp³-hybridized carbons (Fsp3) is 0.429. The summed E-state index contributed by atoms with van der Waals surface area (Å²) < 4.78 is 18.7. The van der Waals surface area contributed by atoms with Crippen molar-refractivity contribution in [3.8, 4) is 5.75 Å². The van der Waals surface area contributed by atoms with Gasteiger partial charge in [-0.3, -0.25) is 9.79 Å². The van der Waals surface area contributed by atoms with Gasteiger partial charge in [0.15, 0.2) is 5.96 Å². The highest BCUT2D eigenvalue weighted by molar-refractivity contribution is 14.0. The van der Waals surface area contributed by atoms with Crippen molar-refractivity contribution in [3.05, 3.63) is 52.0 Å². The first-order valence-corrected chi connectivity index (χ1v) is 10.6. The minimum absolute atomic E-state index is 0. The smallest absolute Gasteiger partial charge is 0.224 e. The first-order valence-electron chi connectivity index (χ1n) is 9.75. The largest absolute Gasteiger partial charge is 0.489 e. The van der Waals surface area contributed by atoms with Crippen LogP contribution in [0.1, 0.15) is 23.8 Å². The molecule has 2 aromatic rings. The van der Waals surface area contributed by atoms with Crippen LogP contribution in [0.2, 0.25) is 0 Å². The Morgan fingerprint density at radius 3 is 2.80 bits per heavy atom. The molecule has 2 heterocycles. The summed E-state index contributed by atoms with van der Waals surface area (Å²) in [6.45, 7) is 4.46. The van der Waals surface area contributed by atoms with E-state index in [2.05, 4.69) is 27.1 Å². The Kier molecular flexibility index (Phi) is 9.83. The van der Waals surface area contributed by atoms with Crippen LogP contribution in [0.3, 0.4) is 0 Å². The Labute approximate surface area is 197 Å². The van der Waals surface area contributed by atoms with Gasteiger partial charge in [-0.25, -0.2) is 4.39 Å².